The predicted octanol–water partition coefficient (Wildman–Crippen LogP) is -0.675. The molecule has 0 bridgehead atoms. The van der Waals surface area contributed by atoms with E-state index in [1.54, 1.807) is 0 Å². The molecule has 112 valence electrons. The van der Waals surface area contributed by atoms with Crippen LogP contribution in [0.25, 0.3) is 0 Å². The van der Waals surface area contributed by atoms with Crippen molar-refractivity contribution in [1.29, 1.82) is 0 Å². The molecule has 1 atom stereocenters. The van der Waals surface area contributed by atoms with Crippen molar-refractivity contribution in [2.24, 2.45) is 5.14 Å². The fourth-order valence-corrected chi connectivity index (χ4v) is 4.37. The second-order valence-electron chi connectivity index (χ2n) is 4.25. The second-order valence-corrected chi connectivity index (χ2v) is 7.59. The highest BCUT2D eigenvalue weighted by atomic mass is 32.2. The molecule has 10 heteroatoms. The molecule has 1 unspecified atom stereocenters. The Morgan fingerprint density at radius 2 is 1.80 bits per heavy atom. The molecule has 1 aliphatic rings. The van der Waals surface area contributed by atoms with E-state index in [0.717, 1.165) is 0 Å². The highest BCUT2D eigenvalue weighted by molar-refractivity contribution is 7.90. The van der Waals surface area contributed by atoms with Crippen molar-refractivity contribution in [3.05, 3.63) is 17.7 Å². The van der Waals surface area contributed by atoms with Crippen LogP contribution in [0.1, 0.15) is 11.6 Å². The molecule has 1 heterocycles. The van der Waals surface area contributed by atoms with Gasteiger partial charge in [0.05, 0.1) is 30.9 Å². The lowest BCUT2D eigenvalue weighted by Crippen LogP contribution is -2.29. The average molecular weight is 322 g/mol. The lowest BCUT2D eigenvalue weighted by molar-refractivity contribution is 0.353. The minimum Gasteiger partial charge on any atom is -0.493 e. The first-order chi connectivity index (χ1) is 9.18. The average Bonchev–Trinajstić information content (AvgIpc) is 2.56. The highest BCUT2D eigenvalue weighted by Gasteiger charge is 2.37. The van der Waals surface area contributed by atoms with E-state index < -0.39 is 31.8 Å². The lowest BCUT2D eigenvalue weighted by atomic mass is 10.1. The normalized spacial score (nSPS) is 20.4. The largest absolute Gasteiger partial charge is 0.493 e. The van der Waals surface area contributed by atoms with Gasteiger partial charge in [0.1, 0.15) is 0 Å². The van der Waals surface area contributed by atoms with Crippen molar-refractivity contribution >= 4 is 20.0 Å². The van der Waals surface area contributed by atoms with E-state index in [-0.39, 0.29) is 16.2 Å². The van der Waals surface area contributed by atoms with Gasteiger partial charge in [-0.15, -0.1) is 0 Å². The van der Waals surface area contributed by atoms with Crippen LogP contribution < -0.4 is 19.3 Å². The zero-order chi connectivity index (χ0) is 15.1. The van der Waals surface area contributed by atoms with Crippen molar-refractivity contribution in [1.82, 2.24) is 4.72 Å². The Labute approximate surface area is 117 Å². The molecule has 8 nitrogen and oxygen atoms in total. The first kappa shape index (κ1) is 15.0. The number of hydrogen-bond donors (Lipinski definition) is 2. The summed E-state index contributed by atoms with van der Waals surface area (Å²) in [6.07, 6.45) is 0. The molecule has 0 spiro atoms. The summed E-state index contributed by atoms with van der Waals surface area (Å²) < 4.78 is 58.7. The Morgan fingerprint density at radius 3 is 2.30 bits per heavy atom. The van der Waals surface area contributed by atoms with Crippen molar-refractivity contribution in [2.75, 3.05) is 20.0 Å². The van der Waals surface area contributed by atoms with E-state index in [1.807, 2.05) is 0 Å². The number of ether oxygens (including phenoxy) is 2. The number of rotatable bonds is 4. The summed E-state index contributed by atoms with van der Waals surface area (Å²) in [6, 6.07) is 1.78. The van der Waals surface area contributed by atoms with Crippen LogP contribution in [0.4, 0.5) is 0 Å². The fourth-order valence-electron chi connectivity index (χ4n) is 2.05. The third kappa shape index (κ3) is 2.73. The number of primary sulfonamides is 1. The Morgan fingerprint density at radius 1 is 1.25 bits per heavy atom. The van der Waals surface area contributed by atoms with Gasteiger partial charge in [-0.05, 0) is 11.6 Å². The maximum atomic E-state index is 12.0. The fraction of sp³-hybridized carbons (Fsp3) is 0.400. The van der Waals surface area contributed by atoms with Gasteiger partial charge in [0.25, 0.3) is 0 Å². The monoisotopic (exact) mass is 322 g/mol. The van der Waals surface area contributed by atoms with Gasteiger partial charge in [0.2, 0.25) is 20.0 Å². The molecule has 0 aliphatic carbocycles. The topological polar surface area (TPSA) is 125 Å². The van der Waals surface area contributed by atoms with Gasteiger partial charge in [0, 0.05) is 6.07 Å². The van der Waals surface area contributed by atoms with Crippen LogP contribution in [0, 0.1) is 0 Å². The molecule has 20 heavy (non-hydrogen) atoms. The Bertz CT molecular complexity index is 741. The van der Waals surface area contributed by atoms with E-state index in [9.17, 15) is 16.8 Å². The summed E-state index contributed by atoms with van der Waals surface area (Å²) in [5, 5.41) is 4.97. The smallest absolute Gasteiger partial charge is 0.241 e. The quantitative estimate of drug-likeness (QED) is 0.757. The Kier molecular flexibility index (Phi) is 3.67. The molecule has 0 fully saturated rings. The van der Waals surface area contributed by atoms with E-state index >= 15 is 0 Å². The number of benzene rings is 1. The maximum Gasteiger partial charge on any atom is 0.241 e. The number of hydrogen-bond acceptors (Lipinski definition) is 6. The van der Waals surface area contributed by atoms with Crippen LogP contribution in [-0.2, 0) is 20.0 Å². The number of methoxy groups -OCH3 is 2. The minimum absolute atomic E-state index is 0.0381. The van der Waals surface area contributed by atoms with Crippen LogP contribution in [0.15, 0.2) is 17.0 Å². The summed E-state index contributed by atoms with van der Waals surface area (Å²) in [5.74, 6) is 0.0202. The molecule has 0 aromatic heterocycles. The van der Waals surface area contributed by atoms with Gasteiger partial charge in [-0.3, -0.25) is 0 Å². The van der Waals surface area contributed by atoms with Gasteiger partial charge in [-0.25, -0.2) is 26.7 Å². The van der Waals surface area contributed by atoms with Crippen molar-refractivity contribution < 1.29 is 26.3 Å². The van der Waals surface area contributed by atoms with E-state index in [0.29, 0.717) is 5.75 Å². The molecule has 1 aromatic carbocycles. The lowest BCUT2D eigenvalue weighted by Gasteiger charge is -2.12. The third-order valence-electron chi connectivity index (χ3n) is 2.88. The summed E-state index contributed by atoms with van der Waals surface area (Å²) >= 11 is 0. The number of nitrogens with one attached hydrogen (secondary N) is 1. The molecular weight excluding hydrogens is 308 g/mol. The molecule has 1 aliphatic heterocycles. The SMILES string of the molecule is COc1cc2c(cc1OC)S(=O)(=O)NC2CS(N)(=O)=O. The highest BCUT2D eigenvalue weighted by Crippen LogP contribution is 2.39. The third-order valence-corrected chi connectivity index (χ3v) is 5.20. The molecule has 3 N–H and O–H groups in total. The van der Waals surface area contributed by atoms with E-state index in [2.05, 4.69) is 4.72 Å². The predicted molar refractivity (Wildman–Crippen MR) is 70.6 cm³/mol. The Hall–Kier alpha value is -1.36. The van der Waals surface area contributed by atoms with E-state index in [4.69, 9.17) is 14.6 Å². The number of fused-ring (bicyclic) bond motifs is 1. The van der Waals surface area contributed by atoms with Gasteiger partial charge >= 0.3 is 0 Å². The molecule has 2 rings (SSSR count). The van der Waals surface area contributed by atoms with E-state index in [1.165, 1.54) is 26.4 Å². The van der Waals surface area contributed by atoms with Crippen molar-refractivity contribution in [3.63, 3.8) is 0 Å². The van der Waals surface area contributed by atoms with Crippen LogP contribution >= 0.6 is 0 Å². The van der Waals surface area contributed by atoms with Gasteiger partial charge in [0.15, 0.2) is 11.5 Å². The van der Waals surface area contributed by atoms with Crippen molar-refractivity contribution in [2.45, 2.75) is 10.9 Å². The molecule has 0 saturated carbocycles. The Balaban J connectivity index is 2.60. The maximum absolute atomic E-state index is 12.0. The molecule has 0 amide bonds. The molecule has 0 saturated heterocycles. The van der Waals surface area contributed by atoms with Crippen LogP contribution in [0.3, 0.4) is 0 Å². The zero-order valence-corrected chi connectivity index (χ0v) is 12.4. The minimum atomic E-state index is -3.83. The molecule has 1 aromatic rings. The van der Waals surface area contributed by atoms with Gasteiger partial charge in [-0.1, -0.05) is 0 Å². The summed E-state index contributed by atoms with van der Waals surface area (Å²) in [6.45, 7) is 0. The summed E-state index contributed by atoms with van der Waals surface area (Å²) in [7, 11) is -4.85. The molecular formula is C10H14N2O6S2. The number of nitrogens with two attached hydrogens (primary N) is 1. The standard InChI is InChI=1S/C10H14N2O6S2/c1-17-8-3-6-7(5-19(11,13)14)12-20(15,16)10(6)4-9(8)18-2/h3-4,7,12H,5H2,1-2H3,(H2,11,13,14). The van der Waals surface area contributed by atoms with Gasteiger partial charge in [-0.2, -0.15) is 0 Å². The van der Waals surface area contributed by atoms with Crippen LogP contribution in [0.2, 0.25) is 0 Å². The molecule has 0 radical (unpaired) electrons. The van der Waals surface area contributed by atoms with Crippen LogP contribution in [0.5, 0.6) is 11.5 Å². The first-order valence-electron chi connectivity index (χ1n) is 5.46. The van der Waals surface area contributed by atoms with Crippen LogP contribution in [-0.4, -0.2) is 36.8 Å². The summed E-state index contributed by atoms with van der Waals surface area (Å²) in [4.78, 5) is -0.0381. The van der Waals surface area contributed by atoms with Crippen molar-refractivity contribution in [3.8, 4) is 11.5 Å². The first-order valence-corrected chi connectivity index (χ1v) is 8.66. The number of sulfonamides is 2. The second kappa shape index (κ2) is 4.88. The van der Waals surface area contributed by atoms with Gasteiger partial charge < -0.3 is 9.47 Å². The zero-order valence-electron chi connectivity index (χ0n) is 10.8. The summed E-state index contributed by atoms with van der Waals surface area (Å²) in [5.41, 5.74) is 0.289.